The Bertz CT molecular complexity index is 655. The molecule has 0 radical (unpaired) electrons. The number of hydrogen-bond acceptors (Lipinski definition) is 4. The minimum Gasteiger partial charge on any atom is -0.495 e. The third kappa shape index (κ3) is 2.55. The van der Waals surface area contributed by atoms with Gasteiger partial charge in [0.2, 0.25) is 0 Å². The highest BCUT2D eigenvalue weighted by molar-refractivity contribution is 5.85. The predicted molar refractivity (Wildman–Crippen MR) is 66.0 cm³/mol. The van der Waals surface area contributed by atoms with Crippen LogP contribution in [0.5, 0.6) is 5.75 Å². The van der Waals surface area contributed by atoms with Crippen molar-refractivity contribution in [2.75, 3.05) is 7.11 Å². The summed E-state index contributed by atoms with van der Waals surface area (Å²) < 4.78 is 6.48. The van der Waals surface area contributed by atoms with Gasteiger partial charge in [0.1, 0.15) is 17.5 Å². The summed E-state index contributed by atoms with van der Waals surface area (Å²) in [7, 11) is 1.48. The van der Waals surface area contributed by atoms with Gasteiger partial charge in [-0.05, 0) is 23.8 Å². The molecule has 0 aliphatic heterocycles. The largest absolute Gasteiger partial charge is 0.495 e. The van der Waals surface area contributed by atoms with E-state index >= 15 is 0 Å². The number of aromatic nitrogens is 2. The molecule has 6 nitrogen and oxygen atoms in total. The van der Waals surface area contributed by atoms with E-state index in [1.807, 2.05) is 6.07 Å². The van der Waals surface area contributed by atoms with Gasteiger partial charge in [-0.3, -0.25) is 4.68 Å². The highest BCUT2D eigenvalue weighted by Gasteiger charge is 2.11. The monoisotopic (exact) mass is 257 g/mol. The fraction of sp³-hybridized carbons (Fsp3) is 0.154. The van der Waals surface area contributed by atoms with Crippen molar-refractivity contribution in [3.05, 3.63) is 47.3 Å². The first kappa shape index (κ1) is 12.6. The Hall–Kier alpha value is -2.81. The van der Waals surface area contributed by atoms with E-state index in [9.17, 15) is 4.79 Å². The molecule has 0 saturated heterocycles. The fourth-order valence-corrected chi connectivity index (χ4v) is 1.74. The molecule has 0 spiro atoms. The Morgan fingerprint density at radius 2 is 2.32 bits per heavy atom. The zero-order chi connectivity index (χ0) is 13.8. The first-order chi connectivity index (χ1) is 9.15. The molecule has 0 atom stereocenters. The van der Waals surface area contributed by atoms with E-state index in [4.69, 9.17) is 15.1 Å². The topological polar surface area (TPSA) is 88.1 Å². The molecule has 1 aromatic heterocycles. The van der Waals surface area contributed by atoms with Gasteiger partial charge in [0.25, 0.3) is 0 Å². The number of carbonyl (C=O) groups is 1. The second-order valence-electron chi connectivity index (χ2n) is 3.83. The highest BCUT2D eigenvalue weighted by Crippen LogP contribution is 2.20. The minimum atomic E-state index is -1.03. The number of nitriles is 1. The van der Waals surface area contributed by atoms with Crippen LogP contribution in [-0.2, 0) is 6.54 Å². The second kappa shape index (κ2) is 5.23. The maximum Gasteiger partial charge on any atom is 0.354 e. The van der Waals surface area contributed by atoms with Crippen molar-refractivity contribution in [1.82, 2.24) is 9.78 Å². The fourth-order valence-electron chi connectivity index (χ4n) is 1.74. The zero-order valence-corrected chi connectivity index (χ0v) is 10.2. The molecule has 1 aromatic carbocycles. The van der Waals surface area contributed by atoms with Gasteiger partial charge in [-0.1, -0.05) is 6.07 Å². The number of rotatable bonds is 4. The molecule has 2 aromatic rings. The maximum atomic E-state index is 11.0. The molecule has 19 heavy (non-hydrogen) atoms. The molecule has 2 rings (SSSR count). The number of nitrogens with zero attached hydrogens (tertiary/aromatic N) is 3. The Balaban J connectivity index is 2.31. The number of benzene rings is 1. The summed E-state index contributed by atoms with van der Waals surface area (Å²) in [6, 6.07) is 8.54. The molecule has 1 N–H and O–H groups in total. The number of aromatic carboxylic acids is 1. The second-order valence-corrected chi connectivity index (χ2v) is 3.83. The molecule has 0 fully saturated rings. The third-order valence-electron chi connectivity index (χ3n) is 2.65. The number of carboxylic acid groups (broad SMARTS) is 1. The quantitative estimate of drug-likeness (QED) is 0.896. The van der Waals surface area contributed by atoms with Crippen LogP contribution in [0.2, 0.25) is 0 Å². The van der Waals surface area contributed by atoms with Crippen LogP contribution in [0.4, 0.5) is 0 Å². The number of carboxylic acids is 1. The van der Waals surface area contributed by atoms with Crippen molar-refractivity contribution in [2.24, 2.45) is 0 Å². The average molecular weight is 257 g/mol. The molecule has 1 heterocycles. The molecule has 6 heteroatoms. The van der Waals surface area contributed by atoms with Crippen LogP contribution >= 0.6 is 0 Å². The molecular weight excluding hydrogens is 246 g/mol. The Kier molecular flexibility index (Phi) is 3.48. The van der Waals surface area contributed by atoms with Gasteiger partial charge >= 0.3 is 5.97 Å². The van der Waals surface area contributed by atoms with Crippen molar-refractivity contribution in [2.45, 2.75) is 6.54 Å². The molecule has 0 saturated carbocycles. The van der Waals surface area contributed by atoms with E-state index in [0.29, 0.717) is 17.9 Å². The van der Waals surface area contributed by atoms with Crippen molar-refractivity contribution in [3.63, 3.8) is 0 Å². The lowest BCUT2D eigenvalue weighted by molar-refractivity contribution is 0.0684. The first-order valence-electron chi connectivity index (χ1n) is 5.48. The molecule has 0 amide bonds. The van der Waals surface area contributed by atoms with Crippen LogP contribution in [0.15, 0.2) is 30.5 Å². The summed E-state index contributed by atoms with van der Waals surface area (Å²) in [5.41, 5.74) is 1.36. The summed E-state index contributed by atoms with van der Waals surface area (Å²) >= 11 is 0. The van der Waals surface area contributed by atoms with Crippen LogP contribution in [0.25, 0.3) is 0 Å². The lowest BCUT2D eigenvalue weighted by Crippen LogP contribution is -2.11. The van der Waals surface area contributed by atoms with Crippen molar-refractivity contribution in [3.8, 4) is 11.8 Å². The van der Waals surface area contributed by atoms with Gasteiger partial charge in [0.15, 0.2) is 0 Å². The van der Waals surface area contributed by atoms with E-state index in [-0.39, 0.29) is 5.69 Å². The van der Waals surface area contributed by atoms with Crippen molar-refractivity contribution >= 4 is 5.97 Å². The van der Waals surface area contributed by atoms with Crippen molar-refractivity contribution < 1.29 is 14.6 Å². The Morgan fingerprint density at radius 1 is 1.53 bits per heavy atom. The number of methoxy groups -OCH3 is 1. The van der Waals surface area contributed by atoms with Crippen LogP contribution in [0.1, 0.15) is 21.6 Å². The third-order valence-corrected chi connectivity index (χ3v) is 2.65. The Labute approximate surface area is 109 Å². The van der Waals surface area contributed by atoms with Gasteiger partial charge in [-0.15, -0.1) is 0 Å². The van der Waals surface area contributed by atoms with Crippen molar-refractivity contribution in [1.29, 1.82) is 5.26 Å². The van der Waals surface area contributed by atoms with Gasteiger partial charge in [-0.2, -0.15) is 10.4 Å². The summed E-state index contributed by atoms with van der Waals surface area (Å²) in [6.07, 6.45) is 1.43. The van der Waals surface area contributed by atoms with E-state index in [0.717, 1.165) is 5.56 Å². The molecule has 0 aliphatic rings. The summed E-state index contributed by atoms with van der Waals surface area (Å²) in [5.74, 6) is -0.567. The Morgan fingerprint density at radius 3 is 2.95 bits per heavy atom. The number of hydrogen-bond donors (Lipinski definition) is 1. The first-order valence-corrected chi connectivity index (χ1v) is 5.48. The van der Waals surface area contributed by atoms with Gasteiger partial charge < -0.3 is 9.84 Å². The molecule has 0 unspecified atom stereocenters. The predicted octanol–water partition coefficient (Wildman–Crippen LogP) is 1.51. The molecule has 96 valence electrons. The van der Waals surface area contributed by atoms with E-state index < -0.39 is 5.97 Å². The van der Waals surface area contributed by atoms with E-state index in [1.54, 1.807) is 18.2 Å². The summed E-state index contributed by atoms with van der Waals surface area (Å²) in [5, 5.41) is 21.8. The lowest BCUT2D eigenvalue weighted by atomic mass is 10.1. The smallest absolute Gasteiger partial charge is 0.354 e. The normalized spacial score (nSPS) is 9.89. The average Bonchev–Trinajstić information content (AvgIpc) is 2.87. The molecule has 0 aliphatic carbocycles. The van der Waals surface area contributed by atoms with Gasteiger partial charge in [0, 0.05) is 6.20 Å². The van der Waals surface area contributed by atoms with Crippen LogP contribution in [0.3, 0.4) is 0 Å². The lowest BCUT2D eigenvalue weighted by Gasteiger charge is -2.08. The van der Waals surface area contributed by atoms with E-state index in [2.05, 4.69) is 5.10 Å². The minimum absolute atomic E-state index is 0.114. The standard InChI is InChI=1S/C13H11N3O3/c1-19-12-6-9(2-3-10(12)7-14)8-16-11(13(17)18)4-5-15-16/h2-6H,8H2,1H3,(H,17,18). The van der Waals surface area contributed by atoms with Crippen LogP contribution in [-0.4, -0.2) is 28.0 Å². The van der Waals surface area contributed by atoms with Crippen LogP contribution < -0.4 is 4.74 Å². The SMILES string of the molecule is COc1cc(Cn2nccc2C(=O)O)ccc1C#N. The van der Waals surface area contributed by atoms with E-state index in [1.165, 1.54) is 24.1 Å². The van der Waals surface area contributed by atoms with Gasteiger partial charge in [-0.25, -0.2) is 4.79 Å². The van der Waals surface area contributed by atoms with Gasteiger partial charge in [0.05, 0.1) is 19.2 Å². The summed E-state index contributed by atoms with van der Waals surface area (Å²) in [6.45, 7) is 0.302. The highest BCUT2D eigenvalue weighted by atomic mass is 16.5. The summed E-state index contributed by atoms with van der Waals surface area (Å²) in [4.78, 5) is 11.0. The van der Waals surface area contributed by atoms with Crippen LogP contribution in [0, 0.1) is 11.3 Å². The number of ether oxygens (including phenoxy) is 1. The zero-order valence-electron chi connectivity index (χ0n) is 10.2. The maximum absolute atomic E-state index is 11.0. The molecule has 0 bridgehead atoms. The molecular formula is C13H11N3O3.